The molecule has 1 aliphatic rings. The van der Waals surface area contributed by atoms with Crippen LogP contribution in [0.4, 0.5) is 11.6 Å². The van der Waals surface area contributed by atoms with E-state index in [-0.39, 0.29) is 12.0 Å². The number of nitrogens with zero attached hydrogens (tertiary/aromatic N) is 2. The van der Waals surface area contributed by atoms with Crippen LogP contribution in [0.3, 0.4) is 0 Å². The Labute approximate surface area is 183 Å². The van der Waals surface area contributed by atoms with Gasteiger partial charge in [-0.3, -0.25) is 9.89 Å². The van der Waals surface area contributed by atoms with Crippen LogP contribution in [0.15, 0.2) is 30.3 Å². The number of nitrogens with one attached hydrogen (secondary N) is 3. The molecule has 0 spiro atoms. The number of aromatic nitrogens is 3. The smallest absolute Gasteiger partial charge is 0.251 e. The Bertz CT molecular complexity index is 1050. The lowest BCUT2D eigenvalue weighted by atomic mass is 9.89. The van der Waals surface area contributed by atoms with E-state index < -0.39 is 0 Å². The van der Waals surface area contributed by atoms with Crippen LogP contribution in [0.25, 0.3) is 10.8 Å². The molecule has 1 amide bonds. The molecule has 2 heterocycles. The van der Waals surface area contributed by atoms with Gasteiger partial charge in [-0.1, -0.05) is 19.3 Å². The van der Waals surface area contributed by atoms with Crippen LogP contribution in [0.1, 0.15) is 62.0 Å². The summed E-state index contributed by atoms with van der Waals surface area (Å²) in [5, 5.41) is 15.2. The maximum Gasteiger partial charge on any atom is 0.251 e. The molecule has 3 N–H and O–H groups in total. The summed E-state index contributed by atoms with van der Waals surface area (Å²) in [6, 6.07) is 9.49. The average molecular weight is 422 g/mol. The number of aromatic amines is 1. The van der Waals surface area contributed by atoms with Crippen molar-refractivity contribution in [3.63, 3.8) is 0 Å². The van der Waals surface area contributed by atoms with Crippen LogP contribution in [-0.2, 0) is 0 Å². The van der Waals surface area contributed by atoms with Gasteiger partial charge in [0, 0.05) is 29.3 Å². The highest BCUT2D eigenvalue weighted by atomic mass is 16.5. The minimum absolute atomic E-state index is 0.0166. The third kappa shape index (κ3) is 5.34. The molecule has 31 heavy (non-hydrogen) atoms. The maximum atomic E-state index is 12.8. The first-order valence-electron chi connectivity index (χ1n) is 11.2. The van der Waals surface area contributed by atoms with Gasteiger partial charge in [-0.25, -0.2) is 0 Å². The average Bonchev–Trinajstić information content (AvgIpc) is 3.16. The van der Waals surface area contributed by atoms with Crippen molar-refractivity contribution < 1.29 is 9.53 Å². The van der Waals surface area contributed by atoms with E-state index in [1.807, 2.05) is 51.1 Å². The number of rotatable bonds is 7. The fraction of sp³-hybridized carbons (Fsp3) is 0.458. The second-order valence-corrected chi connectivity index (χ2v) is 8.69. The SMILES string of the molecule is Cc1cc(Nc2cc3cc(C(=O)NCC4CCCCC4)ccc3c(OC(C)C)n2)n[nH]1. The fourth-order valence-corrected chi connectivity index (χ4v) is 4.09. The molecule has 3 aromatic rings. The quantitative estimate of drug-likeness (QED) is 0.493. The Hall–Kier alpha value is -3.09. The number of carbonyl (C=O) groups is 1. The van der Waals surface area contributed by atoms with Crippen LogP contribution in [0.2, 0.25) is 0 Å². The number of fused-ring (bicyclic) bond motifs is 1. The van der Waals surface area contributed by atoms with E-state index >= 15 is 0 Å². The number of benzene rings is 1. The number of pyridine rings is 1. The molecule has 1 fully saturated rings. The molecule has 1 aromatic carbocycles. The summed E-state index contributed by atoms with van der Waals surface area (Å²) in [7, 11) is 0. The van der Waals surface area contributed by atoms with Gasteiger partial charge in [0.25, 0.3) is 5.91 Å². The summed E-state index contributed by atoms with van der Waals surface area (Å²) in [6.45, 7) is 6.63. The second-order valence-electron chi connectivity index (χ2n) is 8.69. The minimum Gasteiger partial charge on any atom is -0.474 e. The van der Waals surface area contributed by atoms with Crippen LogP contribution in [0, 0.1) is 12.8 Å². The molecule has 164 valence electrons. The molecule has 0 radical (unpaired) electrons. The molecule has 7 heteroatoms. The van der Waals surface area contributed by atoms with Crippen molar-refractivity contribution in [1.29, 1.82) is 0 Å². The summed E-state index contributed by atoms with van der Waals surface area (Å²) < 4.78 is 5.96. The molecule has 1 aliphatic carbocycles. The van der Waals surface area contributed by atoms with Gasteiger partial charge in [-0.2, -0.15) is 10.1 Å². The largest absolute Gasteiger partial charge is 0.474 e. The zero-order valence-corrected chi connectivity index (χ0v) is 18.5. The fourth-order valence-electron chi connectivity index (χ4n) is 4.09. The van der Waals surface area contributed by atoms with Gasteiger partial charge in [-0.15, -0.1) is 0 Å². The summed E-state index contributed by atoms with van der Waals surface area (Å²) >= 11 is 0. The van der Waals surface area contributed by atoms with E-state index in [0.29, 0.717) is 29.0 Å². The number of anilines is 2. The molecular weight excluding hydrogens is 390 g/mol. The highest BCUT2D eigenvalue weighted by Crippen LogP contribution is 2.30. The van der Waals surface area contributed by atoms with E-state index in [9.17, 15) is 4.79 Å². The molecule has 0 aliphatic heterocycles. The van der Waals surface area contributed by atoms with Crippen molar-refractivity contribution in [2.45, 2.75) is 59.0 Å². The Morgan fingerprint density at radius 2 is 1.97 bits per heavy atom. The van der Waals surface area contributed by atoms with E-state index in [0.717, 1.165) is 23.0 Å². The molecule has 0 saturated heterocycles. The molecule has 4 rings (SSSR count). The van der Waals surface area contributed by atoms with Gasteiger partial charge >= 0.3 is 0 Å². The normalized spacial score (nSPS) is 14.7. The molecule has 1 saturated carbocycles. The van der Waals surface area contributed by atoms with Crippen molar-refractivity contribution in [2.75, 3.05) is 11.9 Å². The number of H-pyrrole nitrogens is 1. The minimum atomic E-state index is -0.0342. The highest BCUT2D eigenvalue weighted by Gasteiger charge is 2.16. The van der Waals surface area contributed by atoms with Crippen LogP contribution in [0.5, 0.6) is 5.88 Å². The van der Waals surface area contributed by atoms with Crippen molar-refractivity contribution in [3.05, 3.63) is 41.6 Å². The number of aryl methyl sites for hydroxylation is 1. The molecule has 2 aromatic heterocycles. The highest BCUT2D eigenvalue weighted by molar-refractivity contribution is 6.00. The summed E-state index contributed by atoms with van der Waals surface area (Å²) in [6.07, 6.45) is 6.26. The number of carbonyl (C=O) groups excluding carboxylic acids is 1. The monoisotopic (exact) mass is 421 g/mol. The predicted octanol–water partition coefficient (Wildman–Crippen LogP) is 5.11. The van der Waals surface area contributed by atoms with Crippen LogP contribution < -0.4 is 15.4 Å². The van der Waals surface area contributed by atoms with E-state index in [1.165, 1.54) is 32.1 Å². The third-order valence-corrected chi connectivity index (χ3v) is 5.64. The second kappa shape index (κ2) is 9.37. The lowest BCUT2D eigenvalue weighted by Crippen LogP contribution is -2.30. The lowest BCUT2D eigenvalue weighted by molar-refractivity contribution is 0.0943. The van der Waals surface area contributed by atoms with E-state index in [1.54, 1.807) is 0 Å². The van der Waals surface area contributed by atoms with Crippen molar-refractivity contribution in [2.24, 2.45) is 5.92 Å². The van der Waals surface area contributed by atoms with Gasteiger partial charge in [0.15, 0.2) is 5.82 Å². The molecular formula is C24H31N5O2. The van der Waals surface area contributed by atoms with Crippen LogP contribution in [-0.4, -0.2) is 33.7 Å². The first-order valence-corrected chi connectivity index (χ1v) is 11.2. The zero-order valence-electron chi connectivity index (χ0n) is 18.5. The Balaban J connectivity index is 1.58. The number of hydrogen-bond donors (Lipinski definition) is 3. The standard InChI is InChI=1S/C24H31N5O2/c1-15(2)31-24-20-10-9-18(23(30)25-14-17-7-5-4-6-8-17)12-19(20)13-21(27-24)26-22-11-16(3)28-29-22/h9-13,15,17H,4-8,14H2,1-3H3,(H,25,30)(H2,26,27,28,29). The lowest BCUT2D eigenvalue weighted by Gasteiger charge is -2.21. The van der Waals surface area contributed by atoms with Crippen molar-refractivity contribution in [1.82, 2.24) is 20.5 Å². The molecule has 0 atom stereocenters. The zero-order chi connectivity index (χ0) is 21.8. The number of amides is 1. The van der Waals surface area contributed by atoms with E-state index in [2.05, 4.69) is 25.8 Å². The predicted molar refractivity (Wildman–Crippen MR) is 123 cm³/mol. The first kappa shape index (κ1) is 21.2. The van der Waals surface area contributed by atoms with Gasteiger partial charge in [-0.05, 0) is 69.2 Å². The first-order chi connectivity index (χ1) is 15.0. The number of ether oxygens (including phenoxy) is 1. The van der Waals surface area contributed by atoms with Gasteiger partial charge in [0.1, 0.15) is 5.82 Å². The summed E-state index contributed by atoms with van der Waals surface area (Å²) in [4.78, 5) is 17.4. The third-order valence-electron chi connectivity index (χ3n) is 5.64. The summed E-state index contributed by atoms with van der Waals surface area (Å²) in [5.74, 6) is 2.40. The molecule has 0 unspecified atom stereocenters. The maximum absolute atomic E-state index is 12.8. The van der Waals surface area contributed by atoms with Gasteiger partial charge in [0.2, 0.25) is 5.88 Å². The van der Waals surface area contributed by atoms with Gasteiger partial charge in [0.05, 0.1) is 6.10 Å². The van der Waals surface area contributed by atoms with Gasteiger partial charge < -0.3 is 15.4 Å². The Morgan fingerprint density at radius 1 is 1.16 bits per heavy atom. The molecule has 0 bridgehead atoms. The van der Waals surface area contributed by atoms with Crippen molar-refractivity contribution >= 4 is 28.3 Å². The van der Waals surface area contributed by atoms with E-state index in [4.69, 9.17) is 4.74 Å². The summed E-state index contributed by atoms with van der Waals surface area (Å²) in [5.41, 5.74) is 1.60. The van der Waals surface area contributed by atoms with Crippen molar-refractivity contribution in [3.8, 4) is 5.88 Å². The molecule has 7 nitrogen and oxygen atoms in total. The number of hydrogen-bond acceptors (Lipinski definition) is 5. The topological polar surface area (TPSA) is 91.9 Å². The van der Waals surface area contributed by atoms with Crippen LogP contribution >= 0.6 is 0 Å². The Morgan fingerprint density at radius 3 is 2.68 bits per heavy atom. The Kier molecular flexibility index (Phi) is 6.39.